The highest BCUT2D eigenvalue weighted by atomic mass is 127. The summed E-state index contributed by atoms with van der Waals surface area (Å²) < 4.78 is 11.2. The van der Waals surface area contributed by atoms with Crippen LogP contribution in [0.2, 0.25) is 0 Å². The zero-order valence-electron chi connectivity index (χ0n) is 18.5. The number of nitrogens with one attached hydrogen (secondary N) is 1. The third-order valence-electron chi connectivity index (χ3n) is 5.93. The SMILES string of the molecule is CCNC(=NCC1CCCN(C(=O)OC(C)(C)C)C1)N1CCC2(CCOC2)C1.I. The third kappa shape index (κ3) is 6.87. The Balaban J connectivity index is 0.00000300. The van der Waals surface area contributed by atoms with Crippen LogP contribution in [-0.4, -0.2) is 79.9 Å². The van der Waals surface area contributed by atoms with E-state index in [0.717, 1.165) is 77.7 Å². The van der Waals surface area contributed by atoms with Crippen molar-refractivity contribution in [3.8, 4) is 0 Å². The number of piperidine rings is 1. The number of halogens is 1. The third-order valence-corrected chi connectivity index (χ3v) is 5.93. The summed E-state index contributed by atoms with van der Waals surface area (Å²) in [5, 5.41) is 3.47. The van der Waals surface area contributed by atoms with Crippen molar-refractivity contribution in [3.63, 3.8) is 0 Å². The summed E-state index contributed by atoms with van der Waals surface area (Å²) >= 11 is 0. The lowest BCUT2D eigenvalue weighted by molar-refractivity contribution is 0.0170. The average Bonchev–Trinajstić information content (AvgIpc) is 3.27. The van der Waals surface area contributed by atoms with Crippen molar-refractivity contribution in [2.24, 2.45) is 16.3 Å². The number of aliphatic imine (C=N–C) groups is 1. The van der Waals surface area contributed by atoms with Gasteiger partial charge in [-0.1, -0.05) is 0 Å². The van der Waals surface area contributed by atoms with Crippen LogP contribution in [0.1, 0.15) is 53.4 Å². The molecule has 1 N–H and O–H groups in total. The normalized spacial score (nSPS) is 27.9. The van der Waals surface area contributed by atoms with Crippen molar-refractivity contribution < 1.29 is 14.3 Å². The summed E-state index contributed by atoms with van der Waals surface area (Å²) in [6.07, 6.45) is 4.28. The van der Waals surface area contributed by atoms with Gasteiger partial charge in [-0.15, -0.1) is 24.0 Å². The molecule has 2 unspecified atom stereocenters. The molecule has 3 aliphatic heterocycles. The molecule has 168 valence electrons. The molecule has 1 amide bonds. The highest BCUT2D eigenvalue weighted by molar-refractivity contribution is 14.0. The number of carbonyl (C=O) groups excluding carboxylic acids is 1. The van der Waals surface area contributed by atoms with E-state index in [1.54, 1.807) is 0 Å². The van der Waals surface area contributed by atoms with Crippen molar-refractivity contribution in [3.05, 3.63) is 0 Å². The first-order valence-electron chi connectivity index (χ1n) is 10.9. The van der Waals surface area contributed by atoms with Gasteiger partial charge in [-0.25, -0.2) is 4.79 Å². The minimum atomic E-state index is -0.448. The van der Waals surface area contributed by atoms with Crippen molar-refractivity contribution in [1.29, 1.82) is 0 Å². The fourth-order valence-corrected chi connectivity index (χ4v) is 4.44. The van der Waals surface area contributed by atoms with E-state index in [2.05, 4.69) is 17.1 Å². The number of nitrogens with zero attached hydrogens (tertiary/aromatic N) is 3. The Morgan fingerprint density at radius 1 is 1.28 bits per heavy atom. The Morgan fingerprint density at radius 3 is 2.72 bits per heavy atom. The van der Waals surface area contributed by atoms with Gasteiger partial charge in [0.2, 0.25) is 0 Å². The topological polar surface area (TPSA) is 66.4 Å². The highest BCUT2D eigenvalue weighted by Gasteiger charge is 2.42. The highest BCUT2D eigenvalue weighted by Crippen LogP contribution is 2.38. The van der Waals surface area contributed by atoms with E-state index >= 15 is 0 Å². The summed E-state index contributed by atoms with van der Waals surface area (Å²) in [5.41, 5.74) is -0.120. The van der Waals surface area contributed by atoms with E-state index in [1.165, 1.54) is 6.42 Å². The molecule has 3 fully saturated rings. The number of rotatable bonds is 3. The molecule has 0 aromatic carbocycles. The van der Waals surface area contributed by atoms with Gasteiger partial charge in [0, 0.05) is 51.3 Å². The second kappa shape index (κ2) is 10.5. The molecule has 3 saturated heterocycles. The van der Waals surface area contributed by atoms with E-state index < -0.39 is 5.60 Å². The predicted octanol–water partition coefficient (Wildman–Crippen LogP) is 3.33. The minimum absolute atomic E-state index is 0. The summed E-state index contributed by atoms with van der Waals surface area (Å²) in [6.45, 7) is 14.9. The van der Waals surface area contributed by atoms with Crippen LogP contribution in [0.3, 0.4) is 0 Å². The zero-order valence-corrected chi connectivity index (χ0v) is 20.9. The molecule has 0 aliphatic carbocycles. The Hall–Kier alpha value is -0.770. The van der Waals surface area contributed by atoms with Crippen LogP contribution in [0.25, 0.3) is 0 Å². The molecule has 8 heteroatoms. The van der Waals surface area contributed by atoms with Crippen LogP contribution in [-0.2, 0) is 9.47 Å². The van der Waals surface area contributed by atoms with Gasteiger partial charge in [0.25, 0.3) is 0 Å². The first kappa shape index (κ1) is 24.5. The van der Waals surface area contributed by atoms with Crippen LogP contribution in [0, 0.1) is 11.3 Å². The molecule has 0 aromatic heterocycles. The first-order valence-corrected chi connectivity index (χ1v) is 10.9. The van der Waals surface area contributed by atoms with Crippen LogP contribution in [0.4, 0.5) is 4.79 Å². The molecular weight excluding hydrogens is 483 g/mol. The van der Waals surface area contributed by atoms with Crippen LogP contribution in [0.15, 0.2) is 4.99 Å². The van der Waals surface area contributed by atoms with Crippen molar-refractivity contribution in [2.45, 2.75) is 59.0 Å². The van der Waals surface area contributed by atoms with Gasteiger partial charge < -0.3 is 24.6 Å². The quantitative estimate of drug-likeness (QED) is 0.350. The maximum absolute atomic E-state index is 12.4. The molecule has 29 heavy (non-hydrogen) atoms. The number of amides is 1. The fourth-order valence-electron chi connectivity index (χ4n) is 4.44. The maximum Gasteiger partial charge on any atom is 0.410 e. The number of ether oxygens (including phenoxy) is 2. The fraction of sp³-hybridized carbons (Fsp3) is 0.905. The molecule has 0 aromatic rings. The molecule has 7 nitrogen and oxygen atoms in total. The van der Waals surface area contributed by atoms with Gasteiger partial charge in [0.1, 0.15) is 5.60 Å². The Kier molecular flexibility index (Phi) is 8.87. The molecule has 3 aliphatic rings. The van der Waals surface area contributed by atoms with Gasteiger partial charge in [-0.3, -0.25) is 4.99 Å². The molecule has 0 bridgehead atoms. The van der Waals surface area contributed by atoms with Crippen molar-refractivity contribution in [2.75, 3.05) is 52.5 Å². The monoisotopic (exact) mass is 522 g/mol. The average molecular weight is 522 g/mol. The molecular formula is C21H39IN4O3. The van der Waals surface area contributed by atoms with Gasteiger partial charge in [0.15, 0.2) is 5.96 Å². The largest absolute Gasteiger partial charge is 0.444 e. The standard InChI is InChI=1S/C21H38N4O3.HI/c1-5-22-18(25-11-8-21(15-25)9-12-27-16-21)23-13-17-7-6-10-24(14-17)19(26)28-20(2,3)4;/h17H,5-16H2,1-4H3,(H,22,23);1H. The zero-order chi connectivity index (χ0) is 20.2. The Labute approximate surface area is 193 Å². The maximum atomic E-state index is 12.4. The van der Waals surface area contributed by atoms with Gasteiger partial charge in [-0.2, -0.15) is 0 Å². The first-order chi connectivity index (χ1) is 13.3. The Bertz CT molecular complexity index is 573. The molecule has 3 rings (SSSR count). The molecule has 1 spiro atoms. The van der Waals surface area contributed by atoms with E-state index in [0.29, 0.717) is 11.3 Å². The van der Waals surface area contributed by atoms with E-state index in [4.69, 9.17) is 14.5 Å². The number of hydrogen-bond donors (Lipinski definition) is 1. The van der Waals surface area contributed by atoms with Gasteiger partial charge in [-0.05, 0) is 59.3 Å². The lowest BCUT2D eigenvalue weighted by atomic mass is 9.87. The van der Waals surface area contributed by atoms with Gasteiger partial charge >= 0.3 is 6.09 Å². The molecule has 2 atom stereocenters. The van der Waals surface area contributed by atoms with Crippen LogP contribution >= 0.6 is 24.0 Å². The smallest absolute Gasteiger partial charge is 0.410 e. The minimum Gasteiger partial charge on any atom is -0.444 e. The summed E-state index contributed by atoms with van der Waals surface area (Å²) in [4.78, 5) is 21.6. The number of guanidine groups is 1. The molecule has 0 saturated carbocycles. The lowest BCUT2D eigenvalue weighted by Gasteiger charge is -2.34. The second-order valence-electron chi connectivity index (χ2n) is 9.60. The van der Waals surface area contributed by atoms with Gasteiger partial charge in [0.05, 0.1) is 6.61 Å². The summed E-state index contributed by atoms with van der Waals surface area (Å²) in [7, 11) is 0. The molecule has 0 radical (unpaired) electrons. The molecule has 3 heterocycles. The number of likely N-dealkylation sites (tertiary alicyclic amines) is 2. The van der Waals surface area contributed by atoms with Crippen molar-refractivity contribution in [1.82, 2.24) is 15.1 Å². The van der Waals surface area contributed by atoms with Crippen LogP contribution < -0.4 is 5.32 Å². The number of carbonyl (C=O) groups is 1. The lowest BCUT2D eigenvalue weighted by Crippen LogP contribution is -2.44. The number of hydrogen-bond acceptors (Lipinski definition) is 4. The predicted molar refractivity (Wildman–Crippen MR) is 126 cm³/mol. The van der Waals surface area contributed by atoms with E-state index in [-0.39, 0.29) is 30.1 Å². The van der Waals surface area contributed by atoms with Crippen LogP contribution in [0.5, 0.6) is 0 Å². The Morgan fingerprint density at radius 2 is 2.07 bits per heavy atom. The second-order valence-corrected chi connectivity index (χ2v) is 9.60. The summed E-state index contributed by atoms with van der Waals surface area (Å²) in [5.74, 6) is 1.40. The van der Waals surface area contributed by atoms with Crippen molar-refractivity contribution >= 4 is 36.0 Å². The van der Waals surface area contributed by atoms with E-state index in [1.807, 2.05) is 25.7 Å². The van der Waals surface area contributed by atoms with E-state index in [9.17, 15) is 4.79 Å². The summed E-state index contributed by atoms with van der Waals surface area (Å²) in [6, 6.07) is 0.